The van der Waals surface area contributed by atoms with E-state index < -0.39 is 41.4 Å². The first-order valence-corrected chi connectivity index (χ1v) is 7.04. The molecule has 0 aliphatic carbocycles. The Morgan fingerprint density at radius 1 is 1.19 bits per heavy atom. The molecule has 1 fully saturated rings. The lowest BCUT2D eigenvalue weighted by molar-refractivity contribution is -0.387. The molecular formula is C12H15NO7S. The van der Waals surface area contributed by atoms with E-state index in [1.165, 1.54) is 18.2 Å². The van der Waals surface area contributed by atoms with Crippen molar-refractivity contribution >= 4 is 17.4 Å². The summed E-state index contributed by atoms with van der Waals surface area (Å²) in [6.07, 6.45) is -5.43. The van der Waals surface area contributed by atoms with Crippen LogP contribution in [0.25, 0.3) is 0 Å². The van der Waals surface area contributed by atoms with Crippen molar-refractivity contribution in [1.29, 1.82) is 0 Å². The normalized spacial score (nSPS) is 32.9. The van der Waals surface area contributed by atoms with Crippen molar-refractivity contribution in [3.05, 3.63) is 34.4 Å². The lowest BCUT2D eigenvalue weighted by atomic mass is 10.0. The lowest BCUT2D eigenvalue weighted by Gasteiger charge is -2.39. The van der Waals surface area contributed by atoms with Gasteiger partial charge in [0.15, 0.2) is 0 Å². The molecular weight excluding hydrogens is 302 g/mol. The second kappa shape index (κ2) is 6.69. The molecule has 116 valence electrons. The zero-order valence-electron chi connectivity index (χ0n) is 10.8. The highest BCUT2D eigenvalue weighted by molar-refractivity contribution is 8.00. The third-order valence-corrected chi connectivity index (χ3v) is 4.37. The summed E-state index contributed by atoms with van der Waals surface area (Å²) >= 11 is 0.856. The number of ether oxygens (including phenoxy) is 1. The van der Waals surface area contributed by atoms with Gasteiger partial charge in [0.05, 0.1) is 16.4 Å². The van der Waals surface area contributed by atoms with E-state index in [1.54, 1.807) is 6.07 Å². The van der Waals surface area contributed by atoms with Crippen molar-refractivity contribution in [3.8, 4) is 0 Å². The summed E-state index contributed by atoms with van der Waals surface area (Å²) in [6.45, 7) is -0.543. The van der Waals surface area contributed by atoms with Gasteiger partial charge in [0.1, 0.15) is 29.9 Å². The topological polar surface area (TPSA) is 133 Å². The number of hydrogen-bond donors (Lipinski definition) is 4. The number of thioether (sulfide) groups is 1. The molecule has 1 aliphatic rings. The van der Waals surface area contributed by atoms with Gasteiger partial charge in [-0.05, 0) is 6.07 Å². The van der Waals surface area contributed by atoms with Crippen LogP contribution >= 0.6 is 11.8 Å². The minimum Gasteiger partial charge on any atom is -0.394 e. The summed E-state index contributed by atoms with van der Waals surface area (Å²) in [4.78, 5) is 10.6. The van der Waals surface area contributed by atoms with E-state index in [1.807, 2.05) is 0 Å². The molecule has 1 aromatic carbocycles. The fourth-order valence-electron chi connectivity index (χ4n) is 2.00. The summed E-state index contributed by atoms with van der Waals surface area (Å²) in [5.41, 5.74) is -1.19. The summed E-state index contributed by atoms with van der Waals surface area (Å²) < 4.78 is 5.30. The predicted molar refractivity (Wildman–Crippen MR) is 72.7 cm³/mol. The average Bonchev–Trinajstić information content (AvgIpc) is 2.48. The number of benzene rings is 1. The third-order valence-electron chi connectivity index (χ3n) is 3.15. The van der Waals surface area contributed by atoms with Gasteiger partial charge in [-0.1, -0.05) is 23.9 Å². The molecule has 0 aromatic heterocycles. The van der Waals surface area contributed by atoms with Crippen LogP contribution in [0.4, 0.5) is 5.69 Å². The van der Waals surface area contributed by atoms with Gasteiger partial charge in [-0.2, -0.15) is 0 Å². The zero-order valence-corrected chi connectivity index (χ0v) is 11.6. The first-order chi connectivity index (χ1) is 9.95. The Morgan fingerprint density at radius 3 is 2.48 bits per heavy atom. The Labute approximate surface area is 124 Å². The Balaban J connectivity index is 2.20. The molecule has 0 spiro atoms. The summed E-state index contributed by atoms with van der Waals surface area (Å²) in [5, 5.41) is 49.3. The number of para-hydroxylation sites is 1. The first-order valence-electron chi connectivity index (χ1n) is 6.16. The minimum absolute atomic E-state index is 0.153. The first kappa shape index (κ1) is 16.1. The highest BCUT2D eigenvalue weighted by Crippen LogP contribution is 2.37. The van der Waals surface area contributed by atoms with Gasteiger partial charge < -0.3 is 25.2 Å². The molecule has 21 heavy (non-hydrogen) atoms. The number of nitrogens with zero attached hydrogens (tertiary/aromatic N) is 1. The van der Waals surface area contributed by atoms with Gasteiger partial charge in [0, 0.05) is 6.07 Å². The third kappa shape index (κ3) is 3.34. The molecule has 2 rings (SSSR count). The maximum absolute atomic E-state index is 10.9. The molecule has 1 aliphatic heterocycles. The second-order valence-electron chi connectivity index (χ2n) is 4.54. The van der Waals surface area contributed by atoms with Crippen LogP contribution in [-0.4, -0.2) is 61.8 Å². The fourth-order valence-corrected chi connectivity index (χ4v) is 3.17. The van der Waals surface area contributed by atoms with E-state index in [0.29, 0.717) is 0 Å². The molecule has 0 bridgehead atoms. The van der Waals surface area contributed by atoms with E-state index in [2.05, 4.69) is 0 Å². The molecule has 0 unspecified atom stereocenters. The molecule has 1 aromatic rings. The molecule has 1 saturated heterocycles. The number of nitro benzene ring substituents is 1. The number of nitro groups is 1. The Morgan fingerprint density at radius 2 is 1.86 bits per heavy atom. The molecule has 4 N–H and O–H groups in total. The Bertz CT molecular complexity index is 512. The van der Waals surface area contributed by atoms with Gasteiger partial charge in [0.2, 0.25) is 0 Å². The summed E-state index contributed by atoms with van der Waals surface area (Å²) in [5.74, 6) is 0. The smallest absolute Gasteiger partial charge is 0.282 e. The van der Waals surface area contributed by atoms with Crippen molar-refractivity contribution in [1.82, 2.24) is 0 Å². The number of hydrogen-bond acceptors (Lipinski definition) is 8. The van der Waals surface area contributed by atoms with Gasteiger partial charge >= 0.3 is 0 Å². The van der Waals surface area contributed by atoms with E-state index in [-0.39, 0.29) is 10.6 Å². The van der Waals surface area contributed by atoms with E-state index in [4.69, 9.17) is 9.84 Å². The molecule has 5 atom stereocenters. The van der Waals surface area contributed by atoms with Crippen LogP contribution in [0.2, 0.25) is 0 Å². The molecule has 0 radical (unpaired) electrons. The van der Waals surface area contributed by atoms with Crippen LogP contribution in [0.5, 0.6) is 0 Å². The predicted octanol–water partition coefficient (Wildman–Crippen LogP) is -0.513. The van der Waals surface area contributed by atoms with Crippen molar-refractivity contribution in [2.24, 2.45) is 0 Å². The standard InChI is InChI=1S/C12H15NO7S/c14-5-7-9(15)10(16)11(17)12(20-7)21-8-4-2-1-3-6(8)13(18)19/h1-4,7,9-12,14-17H,5H2/t7-,9+,10+,11+,12-/m0/s1. The van der Waals surface area contributed by atoms with Gasteiger partial charge in [-0.3, -0.25) is 10.1 Å². The van der Waals surface area contributed by atoms with Crippen LogP contribution in [0.3, 0.4) is 0 Å². The van der Waals surface area contributed by atoms with Crippen LogP contribution in [0.15, 0.2) is 29.2 Å². The molecule has 9 heteroatoms. The Hall–Kier alpha value is -1.23. The number of aliphatic hydroxyl groups is 4. The number of aliphatic hydroxyl groups excluding tert-OH is 4. The largest absolute Gasteiger partial charge is 0.394 e. The van der Waals surface area contributed by atoms with Gasteiger partial charge in [-0.25, -0.2) is 0 Å². The van der Waals surface area contributed by atoms with Gasteiger partial charge in [0.25, 0.3) is 5.69 Å². The lowest BCUT2D eigenvalue weighted by Crippen LogP contribution is -2.57. The highest BCUT2D eigenvalue weighted by atomic mass is 32.2. The van der Waals surface area contributed by atoms with Crippen molar-refractivity contribution < 1.29 is 30.1 Å². The van der Waals surface area contributed by atoms with E-state index >= 15 is 0 Å². The quantitative estimate of drug-likeness (QED) is 0.431. The van der Waals surface area contributed by atoms with Crippen LogP contribution in [0, 0.1) is 10.1 Å². The van der Waals surface area contributed by atoms with Crippen molar-refractivity contribution in [2.45, 2.75) is 34.7 Å². The monoisotopic (exact) mass is 317 g/mol. The van der Waals surface area contributed by atoms with E-state index in [9.17, 15) is 25.4 Å². The van der Waals surface area contributed by atoms with Crippen LogP contribution < -0.4 is 0 Å². The maximum atomic E-state index is 10.9. The van der Waals surface area contributed by atoms with Crippen LogP contribution in [-0.2, 0) is 4.74 Å². The SMILES string of the molecule is O=[N+]([O-])c1ccccc1S[C@@H]1O[C@@H](CO)[C@@H](O)[C@@H](O)[C@H]1O. The van der Waals surface area contributed by atoms with Crippen LogP contribution in [0.1, 0.15) is 0 Å². The highest BCUT2D eigenvalue weighted by Gasteiger charge is 2.44. The fraction of sp³-hybridized carbons (Fsp3) is 0.500. The molecule has 0 saturated carbocycles. The van der Waals surface area contributed by atoms with E-state index in [0.717, 1.165) is 11.8 Å². The second-order valence-corrected chi connectivity index (χ2v) is 5.68. The maximum Gasteiger partial charge on any atom is 0.282 e. The molecule has 0 amide bonds. The summed E-state index contributed by atoms with van der Waals surface area (Å²) in [7, 11) is 0. The Kier molecular flexibility index (Phi) is 5.14. The van der Waals surface area contributed by atoms with Crippen molar-refractivity contribution in [3.63, 3.8) is 0 Å². The zero-order chi connectivity index (χ0) is 15.6. The summed E-state index contributed by atoms with van der Waals surface area (Å²) in [6, 6.07) is 5.91. The molecule has 1 heterocycles. The minimum atomic E-state index is -1.50. The van der Waals surface area contributed by atoms with Crippen molar-refractivity contribution in [2.75, 3.05) is 6.61 Å². The van der Waals surface area contributed by atoms with Gasteiger partial charge in [-0.15, -0.1) is 0 Å². The average molecular weight is 317 g/mol. The molecule has 8 nitrogen and oxygen atoms in total. The number of rotatable bonds is 4.